The summed E-state index contributed by atoms with van der Waals surface area (Å²) in [6.45, 7) is 0.616. The lowest BCUT2D eigenvalue weighted by molar-refractivity contribution is 0.419. The summed E-state index contributed by atoms with van der Waals surface area (Å²) in [5.41, 5.74) is 5.83. The van der Waals surface area contributed by atoms with Crippen LogP contribution in [0.2, 0.25) is 0 Å². The number of rotatable bonds is 2. The molecule has 0 aromatic heterocycles. The third-order valence-corrected chi connectivity index (χ3v) is 2.72. The topological polar surface area (TPSA) is 54.7 Å². The second-order valence-corrected chi connectivity index (χ2v) is 4.21. The van der Waals surface area contributed by atoms with Crippen LogP contribution in [0.5, 0.6) is 0 Å². The van der Waals surface area contributed by atoms with E-state index < -0.39 is 0 Å². The summed E-state index contributed by atoms with van der Waals surface area (Å²) in [7, 11) is 5.83. The molecule has 0 atom stereocenters. The van der Waals surface area contributed by atoms with Crippen LogP contribution in [0.3, 0.4) is 0 Å². The molecule has 0 bridgehead atoms. The summed E-state index contributed by atoms with van der Waals surface area (Å²) in [4.78, 5) is 6.50. The van der Waals surface area contributed by atoms with Gasteiger partial charge in [-0.3, -0.25) is 10.4 Å². The van der Waals surface area contributed by atoms with E-state index in [-0.39, 0.29) is 0 Å². The van der Waals surface area contributed by atoms with Crippen molar-refractivity contribution in [3.05, 3.63) is 24.3 Å². The van der Waals surface area contributed by atoms with Gasteiger partial charge in [0.05, 0.1) is 17.9 Å². The molecule has 90 valence electrons. The van der Waals surface area contributed by atoms with Crippen molar-refractivity contribution in [2.45, 2.75) is 0 Å². The van der Waals surface area contributed by atoms with Gasteiger partial charge in [-0.1, -0.05) is 0 Å². The van der Waals surface area contributed by atoms with Crippen LogP contribution in [0.15, 0.2) is 29.3 Å². The minimum absolute atomic E-state index is 0.432. The number of nitrogens with one attached hydrogen (secondary N) is 2. The fourth-order valence-electron chi connectivity index (χ4n) is 1.62. The molecule has 0 spiro atoms. The predicted octanol–water partition coefficient (Wildman–Crippen LogP) is 1.25. The van der Waals surface area contributed by atoms with Gasteiger partial charge in [0.15, 0.2) is 5.84 Å². The second-order valence-electron chi connectivity index (χ2n) is 4.21. The van der Waals surface area contributed by atoms with Gasteiger partial charge >= 0.3 is 0 Å². The summed E-state index contributed by atoms with van der Waals surface area (Å²) in [5.74, 6) is 0.432. The first-order valence-corrected chi connectivity index (χ1v) is 5.49. The lowest BCUT2D eigenvalue weighted by Gasteiger charge is -2.11. The summed E-state index contributed by atoms with van der Waals surface area (Å²) in [6, 6.07) is 7.98. The molecule has 0 unspecified atom stereocenters. The van der Waals surface area contributed by atoms with E-state index in [1.54, 1.807) is 5.01 Å². The van der Waals surface area contributed by atoms with E-state index in [1.165, 1.54) is 0 Å². The normalized spacial score (nSPS) is 17.9. The van der Waals surface area contributed by atoms with E-state index >= 15 is 0 Å². The standard InChI is InChI=1S/C12H17N5/c1-16(2)10-6-4-9(5-7-10)15-11-8-14-17(3)12(11)13/h4-7,13-14H,8H2,1-3H3. The van der Waals surface area contributed by atoms with Crippen molar-refractivity contribution in [3.63, 3.8) is 0 Å². The third kappa shape index (κ3) is 2.45. The first-order chi connectivity index (χ1) is 8.08. The van der Waals surface area contributed by atoms with Gasteiger partial charge < -0.3 is 4.90 Å². The first-order valence-electron chi connectivity index (χ1n) is 5.49. The van der Waals surface area contributed by atoms with Crippen LogP contribution in [0.4, 0.5) is 11.4 Å². The zero-order valence-electron chi connectivity index (χ0n) is 10.4. The monoisotopic (exact) mass is 231 g/mol. The molecule has 1 aliphatic heterocycles. The Bertz CT molecular complexity index is 446. The van der Waals surface area contributed by atoms with E-state index in [9.17, 15) is 0 Å². The quantitative estimate of drug-likeness (QED) is 0.805. The number of aliphatic imine (C=N–C) groups is 1. The van der Waals surface area contributed by atoms with Crippen molar-refractivity contribution < 1.29 is 0 Å². The molecule has 1 aromatic rings. The molecule has 1 saturated heterocycles. The number of benzene rings is 1. The van der Waals surface area contributed by atoms with Crippen molar-refractivity contribution in [3.8, 4) is 0 Å². The van der Waals surface area contributed by atoms with Crippen molar-refractivity contribution in [1.29, 1.82) is 5.41 Å². The highest BCUT2D eigenvalue weighted by Gasteiger charge is 2.19. The molecule has 1 heterocycles. The fourth-order valence-corrected chi connectivity index (χ4v) is 1.62. The van der Waals surface area contributed by atoms with Crippen LogP contribution in [-0.4, -0.2) is 44.2 Å². The number of hydrazine groups is 1. The minimum Gasteiger partial charge on any atom is -0.378 e. The van der Waals surface area contributed by atoms with Gasteiger partial charge in [0.1, 0.15) is 0 Å². The molecular formula is C12H17N5. The van der Waals surface area contributed by atoms with E-state index in [4.69, 9.17) is 5.41 Å². The van der Waals surface area contributed by atoms with Crippen LogP contribution in [0.1, 0.15) is 0 Å². The van der Waals surface area contributed by atoms with Crippen LogP contribution >= 0.6 is 0 Å². The van der Waals surface area contributed by atoms with E-state index in [2.05, 4.69) is 10.4 Å². The van der Waals surface area contributed by atoms with Gasteiger partial charge in [-0.25, -0.2) is 10.4 Å². The maximum Gasteiger partial charge on any atom is 0.158 e. The van der Waals surface area contributed by atoms with E-state index in [0.29, 0.717) is 12.4 Å². The fraction of sp³-hybridized carbons (Fsp3) is 0.333. The zero-order chi connectivity index (χ0) is 12.4. The van der Waals surface area contributed by atoms with E-state index in [0.717, 1.165) is 17.1 Å². The third-order valence-electron chi connectivity index (χ3n) is 2.72. The van der Waals surface area contributed by atoms with Gasteiger partial charge in [0, 0.05) is 26.8 Å². The number of anilines is 1. The Hall–Kier alpha value is -1.88. The summed E-state index contributed by atoms with van der Waals surface area (Å²) >= 11 is 0. The molecule has 2 rings (SSSR count). The Morgan fingerprint density at radius 1 is 1.29 bits per heavy atom. The Morgan fingerprint density at radius 2 is 1.94 bits per heavy atom. The average molecular weight is 231 g/mol. The van der Waals surface area contributed by atoms with Crippen LogP contribution in [0.25, 0.3) is 0 Å². The molecule has 5 heteroatoms. The molecule has 2 N–H and O–H groups in total. The van der Waals surface area contributed by atoms with Crippen LogP contribution in [-0.2, 0) is 0 Å². The van der Waals surface area contributed by atoms with Gasteiger partial charge in [-0.2, -0.15) is 0 Å². The molecule has 0 radical (unpaired) electrons. The van der Waals surface area contributed by atoms with E-state index in [1.807, 2.05) is 50.3 Å². The second kappa shape index (κ2) is 4.55. The van der Waals surface area contributed by atoms with Gasteiger partial charge in [0.2, 0.25) is 0 Å². The predicted molar refractivity (Wildman–Crippen MR) is 71.4 cm³/mol. The Balaban J connectivity index is 2.19. The Morgan fingerprint density at radius 3 is 2.41 bits per heavy atom. The number of hydrogen-bond donors (Lipinski definition) is 2. The highest BCUT2D eigenvalue weighted by atomic mass is 15.5. The van der Waals surface area contributed by atoms with Crippen molar-refractivity contribution in [1.82, 2.24) is 10.4 Å². The maximum absolute atomic E-state index is 7.80. The smallest absolute Gasteiger partial charge is 0.158 e. The molecule has 1 aliphatic rings. The van der Waals surface area contributed by atoms with Crippen LogP contribution < -0.4 is 10.3 Å². The number of hydrogen-bond acceptors (Lipinski definition) is 4. The lowest BCUT2D eigenvalue weighted by atomic mass is 10.2. The first kappa shape index (κ1) is 11.6. The summed E-state index contributed by atoms with van der Waals surface area (Å²) < 4.78 is 0. The summed E-state index contributed by atoms with van der Waals surface area (Å²) in [5, 5.41) is 9.47. The van der Waals surface area contributed by atoms with Crippen molar-refractivity contribution in [2.24, 2.45) is 4.99 Å². The number of amidine groups is 1. The Kier molecular flexibility index (Phi) is 3.10. The molecular weight excluding hydrogens is 214 g/mol. The van der Waals surface area contributed by atoms with Crippen LogP contribution in [0, 0.1) is 5.41 Å². The average Bonchev–Trinajstić information content (AvgIpc) is 2.62. The van der Waals surface area contributed by atoms with Gasteiger partial charge in [-0.05, 0) is 24.3 Å². The lowest BCUT2D eigenvalue weighted by Crippen LogP contribution is -2.29. The Labute approximate surface area is 101 Å². The maximum atomic E-state index is 7.80. The molecule has 0 aliphatic carbocycles. The minimum atomic E-state index is 0.432. The molecule has 0 amide bonds. The molecule has 1 fully saturated rings. The largest absolute Gasteiger partial charge is 0.378 e. The SMILES string of the molecule is CN1NCC(=Nc2ccc(N(C)C)cc2)C1=N. The summed E-state index contributed by atoms with van der Waals surface area (Å²) in [6.07, 6.45) is 0. The molecule has 0 saturated carbocycles. The highest BCUT2D eigenvalue weighted by Crippen LogP contribution is 2.18. The molecule has 5 nitrogen and oxygen atoms in total. The van der Waals surface area contributed by atoms with Crippen molar-refractivity contribution >= 4 is 22.9 Å². The number of nitrogens with zero attached hydrogens (tertiary/aromatic N) is 3. The zero-order valence-corrected chi connectivity index (χ0v) is 10.4. The highest BCUT2D eigenvalue weighted by molar-refractivity contribution is 6.42. The van der Waals surface area contributed by atoms with Gasteiger partial charge in [0.25, 0.3) is 0 Å². The molecule has 17 heavy (non-hydrogen) atoms. The van der Waals surface area contributed by atoms with Gasteiger partial charge in [-0.15, -0.1) is 0 Å². The molecule has 1 aromatic carbocycles. The van der Waals surface area contributed by atoms with Crippen molar-refractivity contribution in [2.75, 3.05) is 32.6 Å².